The molecule has 3 N–H and O–H groups in total. The van der Waals surface area contributed by atoms with Crippen LogP contribution in [-0.2, 0) is 12.8 Å². The van der Waals surface area contributed by atoms with E-state index in [1.165, 1.54) is 29.8 Å². The molecule has 5 rings (SSSR count). The Balaban J connectivity index is 1.08. The molecule has 0 saturated carbocycles. The van der Waals surface area contributed by atoms with Gasteiger partial charge in [-0.15, -0.1) is 0 Å². The number of fused-ring (bicyclic) bond motifs is 3. The van der Waals surface area contributed by atoms with Crippen LogP contribution in [0.3, 0.4) is 0 Å². The topological polar surface area (TPSA) is 79.0 Å². The fraction of sp³-hybridized carbons (Fsp3) is 0.333. The molecular formula is C27H29ClN4O2. The van der Waals surface area contributed by atoms with Crippen molar-refractivity contribution >= 4 is 45.2 Å². The summed E-state index contributed by atoms with van der Waals surface area (Å²) in [5.41, 5.74) is 5.71. The highest BCUT2D eigenvalue weighted by molar-refractivity contribution is 6.31. The number of carbonyl (C=O) groups excluding carboxylic acids is 1. The van der Waals surface area contributed by atoms with Crippen LogP contribution in [0.1, 0.15) is 43.4 Å². The molecule has 7 heteroatoms. The number of rotatable bonds is 8. The maximum atomic E-state index is 12.1. The number of amides is 1. The SMILES string of the molecule is O=C(NCCCCCNc1c2c(nc3cc(Cl)ccc13)CCCC2)Oc1ccc2cc[nH]c2c1. The third-order valence-electron chi connectivity index (χ3n) is 6.39. The van der Waals surface area contributed by atoms with Crippen molar-refractivity contribution in [1.82, 2.24) is 15.3 Å². The summed E-state index contributed by atoms with van der Waals surface area (Å²) in [6.45, 7) is 1.48. The summed E-state index contributed by atoms with van der Waals surface area (Å²) in [5, 5.41) is 9.48. The highest BCUT2D eigenvalue weighted by Gasteiger charge is 2.18. The highest BCUT2D eigenvalue weighted by Crippen LogP contribution is 2.34. The first-order chi connectivity index (χ1) is 16.7. The lowest BCUT2D eigenvalue weighted by atomic mass is 9.92. The lowest BCUT2D eigenvalue weighted by molar-refractivity contribution is 0.200. The van der Waals surface area contributed by atoms with E-state index in [1.54, 1.807) is 6.07 Å². The van der Waals surface area contributed by atoms with Gasteiger partial charge in [-0.2, -0.15) is 0 Å². The van der Waals surface area contributed by atoms with Crippen LogP contribution in [0.2, 0.25) is 5.02 Å². The molecule has 2 aromatic heterocycles. The number of aromatic amines is 1. The second kappa shape index (κ2) is 10.3. The van der Waals surface area contributed by atoms with Gasteiger partial charge in [-0.05, 0) is 92.3 Å². The molecule has 0 saturated heterocycles. The van der Waals surface area contributed by atoms with Crippen LogP contribution >= 0.6 is 11.6 Å². The molecule has 2 heterocycles. The van der Waals surface area contributed by atoms with Gasteiger partial charge in [-0.1, -0.05) is 11.6 Å². The Hall–Kier alpha value is -3.25. The Bertz CT molecular complexity index is 1320. The van der Waals surface area contributed by atoms with Crippen molar-refractivity contribution in [1.29, 1.82) is 0 Å². The fourth-order valence-corrected chi connectivity index (χ4v) is 4.83. The molecule has 2 aromatic carbocycles. The first-order valence-corrected chi connectivity index (χ1v) is 12.4. The summed E-state index contributed by atoms with van der Waals surface area (Å²) in [4.78, 5) is 20.1. The number of aryl methyl sites for hydroxylation is 1. The Kier molecular flexibility index (Phi) is 6.86. The minimum atomic E-state index is -0.419. The van der Waals surface area contributed by atoms with Crippen molar-refractivity contribution in [3.8, 4) is 5.75 Å². The van der Waals surface area contributed by atoms with Crippen molar-refractivity contribution in [3.63, 3.8) is 0 Å². The third kappa shape index (κ3) is 5.12. The molecule has 4 aromatic rings. The van der Waals surface area contributed by atoms with Crippen LogP contribution < -0.4 is 15.4 Å². The number of benzene rings is 2. The largest absolute Gasteiger partial charge is 0.412 e. The number of ether oxygens (including phenoxy) is 1. The second-order valence-corrected chi connectivity index (χ2v) is 9.25. The van der Waals surface area contributed by atoms with Gasteiger partial charge in [-0.3, -0.25) is 4.98 Å². The molecule has 0 fully saturated rings. The summed E-state index contributed by atoms with van der Waals surface area (Å²) >= 11 is 6.21. The lowest BCUT2D eigenvalue weighted by Crippen LogP contribution is -2.27. The number of nitrogens with zero attached hydrogens (tertiary/aromatic N) is 1. The van der Waals surface area contributed by atoms with Gasteiger partial charge >= 0.3 is 6.09 Å². The zero-order valence-corrected chi connectivity index (χ0v) is 19.9. The Morgan fingerprint density at radius 3 is 2.85 bits per heavy atom. The number of aromatic nitrogens is 2. The predicted molar refractivity (Wildman–Crippen MR) is 138 cm³/mol. The standard InChI is InChI=1S/C27H29ClN4O2/c28-19-9-11-22-25(16-19)32-23-7-3-2-6-21(23)26(22)30-13-4-1-5-14-31-27(33)34-20-10-8-18-12-15-29-24(18)17-20/h8-12,15-17,29H,1-7,13-14H2,(H,30,32)(H,31,33). The quantitative estimate of drug-likeness (QED) is 0.250. The molecule has 0 unspecified atom stereocenters. The highest BCUT2D eigenvalue weighted by atomic mass is 35.5. The smallest absolute Gasteiger partial charge is 0.410 e. The normalized spacial score (nSPS) is 13.1. The van der Waals surface area contributed by atoms with Crippen LogP contribution in [0.4, 0.5) is 10.5 Å². The molecule has 1 aliphatic rings. The molecular weight excluding hydrogens is 448 g/mol. The van der Waals surface area contributed by atoms with Crippen LogP contribution in [0.15, 0.2) is 48.7 Å². The van der Waals surface area contributed by atoms with E-state index in [1.807, 2.05) is 36.5 Å². The van der Waals surface area contributed by atoms with Gasteiger partial charge in [-0.25, -0.2) is 4.79 Å². The summed E-state index contributed by atoms with van der Waals surface area (Å²) in [6.07, 6.45) is 8.90. The number of anilines is 1. The molecule has 0 bridgehead atoms. The predicted octanol–water partition coefficient (Wildman–Crippen LogP) is 6.62. The Morgan fingerprint density at radius 2 is 1.91 bits per heavy atom. The van der Waals surface area contributed by atoms with Crippen molar-refractivity contribution in [2.75, 3.05) is 18.4 Å². The Labute approximate surface area is 204 Å². The van der Waals surface area contributed by atoms with Crippen molar-refractivity contribution in [2.24, 2.45) is 0 Å². The van der Waals surface area contributed by atoms with E-state index in [-0.39, 0.29) is 0 Å². The number of unbranched alkanes of at least 4 members (excludes halogenated alkanes) is 2. The first-order valence-electron chi connectivity index (χ1n) is 12.0. The number of H-pyrrole nitrogens is 1. The molecule has 1 aliphatic carbocycles. The summed E-state index contributed by atoms with van der Waals surface area (Å²) < 4.78 is 5.38. The maximum absolute atomic E-state index is 12.1. The van der Waals surface area contributed by atoms with Crippen molar-refractivity contribution < 1.29 is 9.53 Å². The summed E-state index contributed by atoms with van der Waals surface area (Å²) in [5.74, 6) is 0.533. The zero-order valence-electron chi connectivity index (χ0n) is 19.1. The number of pyridine rings is 1. The number of halogens is 1. The van der Waals surface area contributed by atoms with Gasteiger partial charge in [0.15, 0.2) is 0 Å². The van der Waals surface area contributed by atoms with E-state index in [0.29, 0.717) is 12.3 Å². The molecule has 0 radical (unpaired) electrons. The van der Waals surface area contributed by atoms with Crippen molar-refractivity contribution in [2.45, 2.75) is 44.9 Å². The first kappa shape index (κ1) is 22.5. The monoisotopic (exact) mass is 476 g/mol. The van der Waals surface area contributed by atoms with Gasteiger partial charge in [0.1, 0.15) is 5.75 Å². The molecule has 1 amide bonds. The van der Waals surface area contributed by atoms with Crippen LogP contribution in [0.25, 0.3) is 21.8 Å². The van der Waals surface area contributed by atoms with Gasteiger partial charge < -0.3 is 20.4 Å². The van der Waals surface area contributed by atoms with Crippen LogP contribution in [0, 0.1) is 0 Å². The number of hydrogen-bond acceptors (Lipinski definition) is 4. The second-order valence-electron chi connectivity index (χ2n) is 8.81. The number of hydrogen-bond donors (Lipinski definition) is 3. The van der Waals surface area contributed by atoms with Crippen LogP contribution in [-0.4, -0.2) is 29.2 Å². The minimum Gasteiger partial charge on any atom is -0.410 e. The average Bonchev–Trinajstić information content (AvgIpc) is 3.30. The minimum absolute atomic E-state index is 0.419. The third-order valence-corrected chi connectivity index (χ3v) is 6.62. The number of nitrogens with one attached hydrogen (secondary N) is 3. The van der Waals surface area contributed by atoms with E-state index in [4.69, 9.17) is 21.3 Å². The van der Waals surface area contributed by atoms with E-state index in [0.717, 1.165) is 65.5 Å². The molecule has 176 valence electrons. The molecule has 0 atom stereocenters. The van der Waals surface area contributed by atoms with Gasteiger partial charge in [0.25, 0.3) is 0 Å². The number of carbonyl (C=O) groups is 1. The van der Waals surface area contributed by atoms with Gasteiger partial charge in [0.2, 0.25) is 0 Å². The molecule has 0 spiro atoms. The van der Waals surface area contributed by atoms with Crippen molar-refractivity contribution in [3.05, 3.63) is 64.9 Å². The van der Waals surface area contributed by atoms with Crippen LogP contribution in [0.5, 0.6) is 5.75 Å². The van der Waals surface area contributed by atoms with Gasteiger partial charge in [0, 0.05) is 52.7 Å². The fourth-order valence-electron chi connectivity index (χ4n) is 4.66. The van der Waals surface area contributed by atoms with E-state index in [9.17, 15) is 4.79 Å². The zero-order chi connectivity index (χ0) is 23.3. The van der Waals surface area contributed by atoms with E-state index in [2.05, 4.69) is 21.7 Å². The summed E-state index contributed by atoms with van der Waals surface area (Å²) in [6, 6.07) is 13.5. The maximum Gasteiger partial charge on any atom is 0.412 e. The summed E-state index contributed by atoms with van der Waals surface area (Å²) in [7, 11) is 0. The Morgan fingerprint density at radius 1 is 1.03 bits per heavy atom. The molecule has 0 aliphatic heterocycles. The molecule has 34 heavy (non-hydrogen) atoms. The average molecular weight is 477 g/mol. The lowest BCUT2D eigenvalue weighted by Gasteiger charge is -2.22. The molecule has 6 nitrogen and oxygen atoms in total. The van der Waals surface area contributed by atoms with E-state index < -0.39 is 6.09 Å². The van der Waals surface area contributed by atoms with Gasteiger partial charge in [0.05, 0.1) is 5.52 Å². The van der Waals surface area contributed by atoms with E-state index >= 15 is 0 Å².